The van der Waals surface area contributed by atoms with Crippen LogP contribution in [0.15, 0.2) is 48.5 Å². The van der Waals surface area contributed by atoms with E-state index in [1.165, 1.54) is 5.69 Å². The normalized spacial score (nSPS) is 10.2. The number of rotatable bonds is 5. The van der Waals surface area contributed by atoms with E-state index in [-0.39, 0.29) is 5.91 Å². The van der Waals surface area contributed by atoms with Gasteiger partial charge < -0.3 is 10.2 Å². The van der Waals surface area contributed by atoms with Gasteiger partial charge in [0.1, 0.15) is 0 Å². The Bertz CT molecular complexity index is 584. The number of hydrogen-bond acceptors (Lipinski definition) is 2. The summed E-state index contributed by atoms with van der Waals surface area (Å²) in [7, 11) is 0. The molecule has 0 fully saturated rings. The molecule has 3 nitrogen and oxygen atoms in total. The quantitative estimate of drug-likeness (QED) is 0.895. The van der Waals surface area contributed by atoms with Crippen molar-refractivity contribution in [1.29, 1.82) is 0 Å². The molecule has 0 aliphatic heterocycles. The highest BCUT2D eigenvalue weighted by molar-refractivity contribution is 6.04. The molecule has 0 heterocycles. The molecule has 3 heteroatoms. The Labute approximate surface area is 126 Å². The van der Waals surface area contributed by atoms with Crippen LogP contribution in [0.3, 0.4) is 0 Å². The van der Waals surface area contributed by atoms with E-state index in [0.29, 0.717) is 5.56 Å². The fourth-order valence-corrected chi connectivity index (χ4v) is 2.25. The standard InChI is InChI=1S/C18H22N2O/c1-4-20(5-2)17-12-10-16(11-13-17)19-18(21)15-8-6-14(3)7-9-15/h6-13H,4-5H2,1-3H3,(H,19,21). The molecule has 0 saturated carbocycles. The molecule has 21 heavy (non-hydrogen) atoms. The lowest BCUT2D eigenvalue weighted by Gasteiger charge is -2.21. The van der Waals surface area contributed by atoms with Gasteiger partial charge in [0.25, 0.3) is 5.91 Å². The topological polar surface area (TPSA) is 32.3 Å². The van der Waals surface area contributed by atoms with Crippen molar-refractivity contribution in [3.63, 3.8) is 0 Å². The average Bonchev–Trinajstić information content (AvgIpc) is 2.51. The zero-order chi connectivity index (χ0) is 15.2. The maximum atomic E-state index is 12.1. The Morgan fingerprint density at radius 2 is 1.52 bits per heavy atom. The molecular formula is C18H22N2O. The van der Waals surface area contributed by atoms with Gasteiger partial charge in [-0.15, -0.1) is 0 Å². The monoisotopic (exact) mass is 282 g/mol. The summed E-state index contributed by atoms with van der Waals surface area (Å²) in [4.78, 5) is 14.4. The first-order chi connectivity index (χ1) is 10.1. The second kappa shape index (κ2) is 6.93. The molecule has 0 aromatic heterocycles. The predicted octanol–water partition coefficient (Wildman–Crippen LogP) is 4.09. The second-order valence-electron chi connectivity index (χ2n) is 5.04. The number of aryl methyl sites for hydroxylation is 1. The van der Waals surface area contributed by atoms with Crippen molar-refractivity contribution in [2.24, 2.45) is 0 Å². The van der Waals surface area contributed by atoms with Crippen LogP contribution in [0.5, 0.6) is 0 Å². The van der Waals surface area contributed by atoms with Crippen LogP contribution in [0.1, 0.15) is 29.8 Å². The summed E-state index contributed by atoms with van der Waals surface area (Å²) in [5, 5.41) is 2.92. The lowest BCUT2D eigenvalue weighted by atomic mass is 10.1. The highest BCUT2D eigenvalue weighted by Crippen LogP contribution is 2.18. The number of nitrogens with zero attached hydrogens (tertiary/aromatic N) is 1. The van der Waals surface area contributed by atoms with Gasteiger partial charge in [-0.1, -0.05) is 17.7 Å². The second-order valence-corrected chi connectivity index (χ2v) is 5.04. The summed E-state index contributed by atoms with van der Waals surface area (Å²) in [6.07, 6.45) is 0. The molecule has 2 aromatic rings. The number of hydrogen-bond donors (Lipinski definition) is 1. The van der Waals surface area contributed by atoms with Gasteiger partial charge in [-0.3, -0.25) is 4.79 Å². The van der Waals surface area contributed by atoms with Crippen LogP contribution < -0.4 is 10.2 Å². The van der Waals surface area contributed by atoms with Crippen LogP contribution in [0.25, 0.3) is 0 Å². The minimum Gasteiger partial charge on any atom is -0.372 e. The Kier molecular flexibility index (Phi) is 4.99. The van der Waals surface area contributed by atoms with Gasteiger partial charge in [0.15, 0.2) is 0 Å². The lowest BCUT2D eigenvalue weighted by Crippen LogP contribution is -2.21. The van der Waals surface area contributed by atoms with E-state index in [1.54, 1.807) is 0 Å². The number of nitrogens with one attached hydrogen (secondary N) is 1. The molecule has 2 aromatic carbocycles. The molecule has 0 radical (unpaired) electrons. The van der Waals surface area contributed by atoms with Gasteiger partial charge >= 0.3 is 0 Å². The Balaban J connectivity index is 2.06. The van der Waals surface area contributed by atoms with Gasteiger partial charge in [0.05, 0.1) is 0 Å². The van der Waals surface area contributed by atoms with Gasteiger partial charge in [0, 0.05) is 30.0 Å². The molecule has 0 aliphatic rings. The minimum absolute atomic E-state index is 0.0782. The third-order valence-electron chi connectivity index (χ3n) is 3.57. The van der Waals surface area contributed by atoms with Crippen molar-refractivity contribution in [1.82, 2.24) is 0 Å². The molecule has 0 aliphatic carbocycles. The van der Waals surface area contributed by atoms with E-state index in [9.17, 15) is 4.79 Å². The molecule has 0 spiro atoms. The Morgan fingerprint density at radius 1 is 0.952 bits per heavy atom. The van der Waals surface area contributed by atoms with Crippen molar-refractivity contribution in [2.45, 2.75) is 20.8 Å². The molecule has 110 valence electrons. The first-order valence-electron chi connectivity index (χ1n) is 7.37. The van der Waals surface area contributed by atoms with E-state index >= 15 is 0 Å². The first kappa shape index (κ1) is 15.1. The molecule has 1 N–H and O–H groups in total. The molecule has 0 atom stereocenters. The number of carbonyl (C=O) groups is 1. The Hall–Kier alpha value is -2.29. The van der Waals surface area contributed by atoms with E-state index in [0.717, 1.165) is 24.3 Å². The van der Waals surface area contributed by atoms with Crippen molar-refractivity contribution in [3.05, 3.63) is 59.7 Å². The van der Waals surface area contributed by atoms with E-state index < -0.39 is 0 Å². The predicted molar refractivity (Wildman–Crippen MR) is 89.1 cm³/mol. The summed E-state index contributed by atoms with van der Waals surface area (Å²) in [5.74, 6) is -0.0782. The van der Waals surface area contributed by atoms with Crippen LogP contribution in [0.2, 0.25) is 0 Å². The summed E-state index contributed by atoms with van der Waals surface area (Å²) in [6.45, 7) is 8.23. The molecule has 0 bridgehead atoms. The van der Waals surface area contributed by atoms with Gasteiger partial charge in [-0.25, -0.2) is 0 Å². The molecule has 0 saturated heterocycles. The summed E-state index contributed by atoms with van der Waals surface area (Å²) < 4.78 is 0. The van der Waals surface area contributed by atoms with Crippen LogP contribution in [-0.4, -0.2) is 19.0 Å². The van der Waals surface area contributed by atoms with E-state index in [1.807, 2.05) is 55.5 Å². The fraction of sp³-hybridized carbons (Fsp3) is 0.278. The van der Waals surface area contributed by atoms with Crippen molar-refractivity contribution < 1.29 is 4.79 Å². The van der Waals surface area contributed by atoms with Gasteiger partial charge in [-0.2, -0.15) is 0 Å². The SMILES string of the molecule is CCN(CC)c1ccc(NC(=O)c2ccc(C)cc2)cc1. The van der Waals surface area contributed by atoms with Crippen LogP contribution in [-0.2, 0) is 0 Å². The van der Waals surface area contributed by atoms with E-state index in [4.69, 9.17) is 0 Å². The molecule has 1 amide bonds. The third-order valence-corrected chi connectivity index (χ3v) is 3.57. The first-order valence-corrected chi connectivity index (χ1v) is 7.37. The zero-order valence-corrected chi connectivity index (χ0v) is 12.9. The van der Waals surface area contributed by atoms with Gasteiger partial charge in [0.2, 0.25) is 0 Å². The minimum atomic E-state index is -0.0782. The summed E-state index contributed by atoms with van der Waals surface area (Å²) in [6, 6.07) is 15.5. The highest BCUT2D eigenvalue weighted by Gasteiger charge is 2.06. The lowest BCUT2D eigenvalue weighted by molar-refractivity contribution is 0.102. The maximum absolute atomic E-state index is 12.1. The third kappa shape index (κ3) is 3.85. The molecule has 2 rings (SSSR count). The Morgan fingerprint density at radius 3 is 2.05 bits per heavy atom. The smallest absolute Gasteiger partial charge is 0.255 e. The van der Waals surface area contributed by atoms with Crippen LogP contribution >= 0.6 is 0 Å². The van der Waals surface area contributed by atoms with E-state index in [2.05, 4.69) is 24.1 Å². The highest BCUT2D eigenvalue weighted by atomic mass is 16.1. The fourth-order valence-electron chi connectivity index (χ4n) is 2.25. The molecule has 0 unspecified atom stereocenters. The van der Waals surface area contributed by atoms with Crippen LogP contribution in [0.4, 0.5) is 11.4 Å². The van der Waals surface area contributed by atoms with Crippen LogP contribution in [0, 0.1) is 6.92 Å². The number of amides is 1. The van der Waals surface area contributed by atoms with Crippen molar-refractivity contribution in [3.8, 4) is 0 Å². The number of anilines is 2. The zero-order valence-electron chi connectivity index (χ0n) is 12.9. The number of carbonyl (C=O) groups excluding carboxylic acids is 1. The largest absolute Gasteiger partial charge is 0.372 e. The maximum Gasteiger partial charge on any atom is 0.255 e. The molecular weight excluding hydrogens is 260 g/mol. The average molecular weight is 282 g/mol. The van der Waals surface area contributed by atoms with Crippen molar-refractivity contribution in [2.75, 3.05) is 23.3 Å². The number of benzene rings is 2. The van der Waals surface area contributed by atoms with Crippen molar-refractivity contribution >= 4 is 17.3 Å². The summed E-state index contributed by atoms with van der Waals surface area (Å²) >= 11 is 0. The summed E-state index contributed by atoms with van der Waals surface area (Å²) in [5.41, 5.74) is 3.81. The van der Waals surface area contributed by atoms with Gasteiger partial charge in [-0.05, 0) is 57.2 Å².